The van der Waals surface area contributed by atoms with Gasteiger partial charge >= 0.3 is 41.8 Å². The topological polar surface area (TPSA) is 260 Å². The average Bonchev–Trinajstić information content (AvgIpc) is 3.49. The van der Waals surface area contributed by atoms with E-state index in [9.17, 15) is 43.8 Å². The fourth-order valence-corrected chi connectivity index (χ4v) is 10.0. The van der Waals surface area contributed by atoms with E-state index in [1.807, 2.05) is 0 Å². The van der Waals surface area contributed by atoms with Gasteiger partial charge < -0.3 is 48.1 Å². The second-order valence-electron chi connectivity index (χ2n) is 16.9. The Balaban J connectivity index is 1.61. The normalized spacial score (nSPS) is 35.3. The van der Waals surface area contributed by atoms with Crippen LogP contribution in [0.5, 0.6) is 0 Å². The molecule has 2 aliphatic carbocycles. The minimum atomic E-state index is -2.89. The Morgan fingerprint density at radius 3 is 2.06 bits per heavy atom. The first-order valence-electron chi connectivity index (χ1n) is 20.5. The van der Waals surface area contributed by atoms with Crippen LogP contribution < -0.4 is 0 Å². The first-order valence-corrected chi connectivity index (χ1v) is 20.5. The molecule has 2 aliphatic heterocycles. The van der Waals surface area contributed by atoms with Crippen molar-refractivity contribution in [1.29, 1.82) is 0 Å². The molecule has 64 heavy (non-hydrogen) atoms. The van der Waals surface area contributed by atoms with Gasteiger partial charge in [0, 0.05) is 45.3 Å². The predicted octanol–water partition coefficient (Wildman–Crippen LogP) is 2.45. The molecule has 4 aliphatic rings. The second kappa shape index (κ2) is 17.0. The molecule has 1 saturated heterocycles. The van der Waals surface area contributed by atoms with E-state index < -0.39 is 132 Å². The quantitative estimate of drug-likeness (QED) is 0.243. The van der Waals surface area contributed by atoms with Crippen molar-refractivity contribution in [2.75, 3.05) is 13.2 Å². The summed E-state index contributed by atoms with van der Waals surface area (Å²) in [6.45, 7) is 6.68. The second-order valence-corrected chi connectivity index (χ2v) is 16.9. The van der Waals surface area contributed by atoms with Gasteiger partial charge in [-0.1, -0.05) is 32.0 Å². The predicted molar refractivity (Wildman–Crippen MR) is 214 cm³/mol. The van der Waals surface area contributed by atoms with Crippen LogP contribution >= 0.6 is 0 Å². The van der Waals surface area contributed by atoms with Gasteiger partial charge in [0.25, 0.3) is 0 Å². The summed E-state index contributed by atoms with van der Waals surface area (Å²) in [4.78, 5) is 106. The minimum absolute atomic E-state index is 0.0287. The van der Waals surface area contributed by atoms with Crippen LogP contribution in [0.1, 0.15) is 91.2 Å². The fraction of sp³-hybridized carbons (Fsp3) is 0.489. The molecule has 340 valence electrons. The fourth-order valence-electron chi connectivity index (χ4n) is 10.0. The number of fused-ring (bicyclic) bond motifs is 5. The maximum atomic E-state index is 14.5. The van der Waals surface area contributed by atoms with E-state index in [0.717, 1.165) is 33.9 Å². The van der Waals surface area contributed by atoms with Gasteiger partial charge in [-0.05, 0) is 50.2 Å². The smallest absolute Gasteiger partial charge is 0.340 e. The third-order valence-corrected chi connectivity index (χ3v) is 12.9. The van der Waals surface area contributed by atoms with Gasteiger partial charge in [0.1, 0.15) is 54.2 Å². The van der Waals surface area contributed by atoms with Gasteiger partial charge in [0.2, 0.25) is 0 Å². The standard InChI is InChI=1S/C45H48N2O17/c1-22-23(2)38(52)62-35-32(51)36(63-40(54)28-15-11-17-46-19-28)44(21-57-24(3)48)37(60-26(5)50)33(59-25(4)49)30-34(61-39(53)27-13-9-8-10-14-27)45(44,43(35,7)56)64-42(30,6)20-58-41(55)29-16-12-18-47-31(22)29/h8-19,22-23,30,32-37,51,56H,20-21H2,1-7H3/t22-,23-,30+,32-,33+,34+,35-,36-,37+,42-,43-,44-,45-/m0/s1. The van der Waals surface area contributed by atoms with Crippen molar-refractivity contribution in [3.8, 4) is 0 Å². The maximum Gasteiger partial charge on any atom is 0.340 e. The van der Waals surface area contributed by atoms with Gasteiger partial charge in [-0.25, -0.2) is 14.4 Å². The number of aliphatic hydroxyl groups excluding tert-OH is 1. The Morgan fingerprint density at radius 1 is 0.781 bits per heavy atom. The summed E-state index contributed by atoms with van der Waals surface area (Å²) in [5.74, 6) is -10.9. The minimum Gasteiger partial charge on any atom is -0.465 e. The Morgan fingerprint density at radius 2 is 1.42 bits per heavy atom. The highest BCUT2D eigenvalue weighted by molar-refractivity contribution is 5.92. The van der Waals surface area contributed by atoms with Gasteiger partial charge in [0.15, 0.2) is 17.8 Å². The van der Waals surface area contributed by atoms with Crippen molar-refractivity contribution in [2.24, 2.45) is 17.3 Å². The van der Waals surface area contributed by atoms with Crippen LogP contribution in [0.4, 0.5) is 0 Å². The molecule has 19 heteroatoms. The number of hydrogen-bond acceptors (Lipinski definition) is 19. The van der Waals surface area contributed by atoms with Crippen LogP contribution in [0.2, 0.25) is 0 Å². The highest BCUT2D eigenvalue weighted by Crippen LogP contribution is 2.70. The lowest BCUT2D eigenvalue weighted by molar-refractivity contribution is -0.384. The Bertz CT molecular complexity index is 2340. The maximum absolute atomic E-state index is 14.5. The average molecular weight is 889 g/mol. The number of ether oxygens (including phenoxy) is 8. The van der Waals surface area contributed by atoms with Crippen molar-refractivity contribution in [3.05, 3.63) is 95.6 Å². The molecule has 3 fully saturated rings. The highest BCUT2D eigenvalue weighted by Gasteiger charge is 2.91. The first-order chi connectivity index (χ1) is 30.2. The lowest BCUT2D eigenvalue weighted by Gasteiger charge is -2.67. The number of benzene rings is 1. The van der Waals surface area contributed by atoms with E-state index in [4.69, 9.17) is 37.9 Å². The van der Waals surface area contributed by atoms with Crippen LogP contribution in [0.15, 0.2) is 73.2 Å². The van der Waals surface area contributed by atoms with Crippen molar-refractivity contribution in [2.45, 2.75) is 108 Å². The summed E-state index contributed by atoms with van der Waals surface area (Å²) in [6.07, 6.45) is -8.80. The van der Waals surface area contributed by atoms with E-state index >= 15 is 0 Å². The number of cyclic esters (lactones) is 1. The number of pyridine rings is 2. The zero-order valence-electron chi connectivity index (χ0n) is 36.0. The number of nitrogens with zero attached hydrogens (tertiary/aromatic N) is 2. The van der Waals surface area contributed by atoms with Gasteiger partial charge in [-0.15, -0.1) is 0 Å². The molecule has 1 spiro atoms. The van der Waals surface area contributed by atoms with E-state index in [0.29, 0.717) is 0 Å². The van der Waals surface area contributed by atoms with Crippen LogP contribution in [0.25, 0.3) is 0 Å². The Labute approximate surface area is 366 Å². The molecule has 2 aromatic heterocycles. The van der Waals surface area contributed by atoms with Gasteiger partial charge in [0.05, 0.1) is 34.2 Å². The monoisotopic (exact) mass is 888 g/mol. The number of aliphatic hydroxyl groups is 2. The number of esters is 7. The number of carbonyl (C=O) groups excluding carboxylic acids is 7. The molecule has 13 atom stereocenters. The molecule has 3 aromatic rings. The number of aromatic nitrogens is 2. The summed E-state index contributed by atoms with van der Waals surface area (Å²) in [5, 5.41) is 26.4. The molecule has 0 amide bonds. The summed E-state index contributed by atoms with van der Waals surface area (Å²) in [7, 11) is 0. The van der Waals surface area contributed by atoms with Gasteiger partial charge in [-0.2, -0.15) is 0 Å². The lowest BCUT2D eigenvalue weighted by atomic mass is 9.45. The zero-order chi connectivity index (χ0) is 46.5. The third-order valence-electron chi connectivity index (χ3n) is 12.9. The van der Waals surface area contributed by atoms with Crippen molar-refractivity contribution < 1.29 is 81.7 Å². The first kappa shape index (κ1) is 45.7. The highest BCUT2D eigenvalue weighted by atomic mass is 16.7. The summed E-state index contributed by atoms with van der Waals surface area (Å²) in [5.41, 5.74) is -10.6. The molecule has 4 heterocycles. The van der Waals surface area contributed by atoms with Crippen LogP contribution in [-0.4, -0.2) is 129 Å². The molecule has 2 N–H and O–H groups in total. The van der Waals surface area contributed by atoms with Crippen molar-refractivity contribution in [1.82, 2.24) is 9.97 Å². The molecule has 1 aromatic carbocycles. The molecule has 7 rings (SSSR count). The van der Waals surface area contributed by atoms with Crippen LogP contribution in [0, 0.1) is 17.3 Å². The van der Waals surface area contributed by atoms with E-state index in [1.165, 1.54) is 62.6 Å². The Hall–Kier alpha value is -6.31. The van der Waals surface area contributed by atoms with E-state index in [-0.39, 0.29) is 22.4 Å². The SMILES string of the molecule is CC(=O)OC[C@]12[C@H](OC(C)=O)[C@H](OC(C)=O)[C@@H]3[C@@H](OC(=O)c4ccccc4)[C@@]14O[C@@]3(C)COC(=O)c1cccnc1[C@@H](C)[C@H](C)C(=O)O[C@@H]([C@H](O)[C@@H]2OC(=O)c1cccnc1)[C@]4(C)O. The number of carbonyl (C=O) groups is 7. The number of hydrogen-bond donors (Lipinski definition) is 2. The van der Waals surface area contributed by atoms with Gasteiger partial charge in [-0.3, -0.25) is 29.1 Å². The third kappa shape index (κ3) is 7.34. The lowest BCUT2D eigenvalue weighted by Crippen LogP contribution is -2.89. The summed E-state index contributed by atoms with van der Waals surface area (Å²) >= 11 is 0. The van der Waals surface area contributed by atoms with E-state index in [2.05, 4.69) is 9.97 Å². The van der Waals surface area contributed by atoms with Crippen LogP contribution in [0.3, 0.4) is 0 Å². The molecule has 2 saturated carbocycles. The largest absolute Gasteiger partial charge is 0.465 e. The molecule has 0 unspecified atom stereocenters. The molecule has 19 nitrogen and oxygen atoms in total. The van der Waals surface area contributed by atoms with Crippen molar-refractivity contribution >= 4 is 41.8 Å². The van der Waals surface area contributed by atoms with Crippen molar-refractivity contribution in [3.63, 3.8) is 0 Å². The van der Waals surface area contributed by atoms with E-state index in [1.54, 1.807) is 25.1 Å². The molecular formula is C45H48N2O17. The number of rotatable bonds is 8. The Kier molecular flexibility index (Phi) is 12.1. The molecule has 4 bridgehead atoms. The van der Waals surface area contributed by atoms with Crippen LogP contribution in [-0.2, 0) is 57.1 Å². The molecular weight excluding hydrogens is 840 g/mol. The molecule has 0 radical (unpaired) electrons. The summed E-state index contributed by atoms with van der Waals surface area (Å²) in [6, 6.07) is 13.2. The zero-order valence-corrected chi connectivity index (χ0v) is 36.0. The summed E-state index contributed by atoms with van der Waals surface area (Å²) < 4.78 is 49.7.